The van der Waals surface area contributed by atoms with Crippen LogP contribution in [-0.4, -0.2) is 34.9 Å². The van der Waals surface area contributed by atoms with Gasteiger partial charge in [0.2, 0.25) is 9.84 Å². The summed E-state index contributed by atoms with van der Waals surface area (Å²) >= 11 is 3.29. The van der Waals surface area contributed by atoms with E-state index in [0.29, 0.717) is 27.0 Å². The van der Waals surface area contributed by atoms with Gasteiger partial charge in [-0.25, -0.2) is 8.42 Å². The molecule has 0 atom stereocenters. The fraction of sp³-hybridized carbons (Fsp3) is 0.107. The van der Waals surface area contributed by atoms with Crippen molar-refractivity contribution in [3.8, 4) is 11.5 Å². The maximum Gasteiger partial charge on any atom is 0.284 e. The number of hydrogen-bond acceptors (Lipinski definition) is 6. The van der Waals surface area contributed by atoms with E-state index in [4.69, 9.17) is 4.74 Å². The second kappa shape index (κ2) is 11.2. The van der Waals surface area contributed by atoms with Crippen LogP contribution in [0.2, 0.25) is 0 Å². The minimum atomic E-state index is -4.16. The largest absolute Gasteiger partial charge is 0.507 e. The Balaban J connectivity index is 1.86. The van der Waals surface area contributed by atoms with E-state index in [1.54, 1.807) is 49.4 Å². The molecular weight excluding hydrogens is 604 g/mol. The smallest absolute Gasteiger partial charge is 0.284 e. The highest BCUT2D eigenvalue weighted by atomic mass is 79.9. The molecule has 4 aromatic carbocycles. The summed E-state index contributed by atoms with van der Waals surface area (Å²) in [5.74, 6) is 0.0482. The Labute approximate surface area is 236 Å². The SMILES string of the molecule is COc1ccc(S(=O)(=O)c2c(O)cc(C)c(NC(=NS(=O)(=O)c3ccc(Br)cc3)c3ccccc3)c2C)cc1. The fourth-order valence-corrected chi connectivity index (χ4v) is 6.80. The van der Waals surface area contributed by atoms with E-state index in [1.807, 2.05) is 0 Å². The molecule has 0 fully saturated rings. The number of benzene rings is 4. The minimum Gasteiger partial charge on any atom is -0.507 e. The van der Waals surface area contributed by atoms with Gasteiger partial charge in [-0.05, 0) is 79.6 Å². The zero-order chi connectivity index (χ0) is 28.4. The third kappa shape index (κ3) is 6.00. The first-order valence-corrected chi connectivity index (χ1v) is 15.3. The molecule has 4 aromatic rings. The lowest BCUT2D eigenvalue weighted by Gasteiger charge is -2.19. The summed E-state index contributed by atoms with van der Waals surface area (Å²) in [7, 11) is -6.82. The van der Waals surface area contributed by atoms with Gasteiger partial charge in [0.1, 0.15) is 16.4 Å². The van der Waals surface area contributed by atoms with Gasteiger partial charge in [-0.1, -0.05) is 46.3 Å². The molecule has 0 aliphatic rings. The van der Waals surface area contributed by atoms with Crippen LogP contribution < -0.4 is 10.1 Å². The van der Waals surface area contributed by atoms with E-state index >= 15 is 0 Å². The second-order valence-corrected chi connectivity index (χ2v) is 13.0. The van der Waals surface area contributed by atoms with Gasteiger partial charge in [0.15, 0.2) is 5.84 Å². The molecule has 0 heterocycles. The Morgan fingerprint density at radius 2 is 1.46 bits per heavy atom. The van der Waals surface area contributed by atoms with E-state index in [-0.39, 0.29) is 26.1 Å². The van der Waals surface area contributed by atoms with Crippen molar-refractivity contribution in [2.45, 2.75) is 28.5 Å². The van der Waals surface area contributed by atoms with Crippen LogP contribution in [0.15, 0.2) is 108 Å². The summed E-state index contributed by atoms with van der Waals surface area (Å²) in [6.45, 7) is 3.21. The van der Waals surface area contributed by atoms with Crippen molar-refractivity contribution in [2.75, 3.05) is 12.4 Å². The predicted molar refractivity (Wildman–Crippen MR) is 154 cm³/mol. The molecule has 0 aliphatic heterocycles. The highest BCUT2D eigenvalue weighted by Gasteiger charge is 2.27. The fourth-order valence-electron chi connectivity index (χ4n) is 3.99. The van der Waals surface area contributed by atoms with Crippen molar-refractivity contribution in [1.29, 1.82) is 0 Å². The van der Waals surface area contributed by atoms with Crippen molar-refractivity contribution in [3.63, 3.8) is 0 Å². The summed E-state index contributed by atoms with van der Waals surface area (Å²) < 4.78 is 63.5. The molecule has 202 valence electrons. The van der Waals surface area contributed by atoms with Crippen molar-refractivity contribution >= 4 is 47.3 Å². The molecule has 0 unspecified atom stereocenters. The van der Waals surface area contributed by atoms with Crippen molar-refractivity contribution in [3.05, 3.63) is 106 Å². The van der Waals surface area contributed by atoms with Crippen LogP contribution in [-0.2, 0) is 19.9 Å². The van der Waals surface area contributed by atoms with Crippen LogP contribution in [0.1, 0.15) is 16.7 Å². The maximum atomic E-state index is 13.6. The number of aromatic hydroxyl groups is 1. The number of nitrogens with one attached hydrogen (secondary N) is 1. The van der Waals surface area contributed by atoms with Gasteiger partial charge >= 0.3 is 0 Å². The number of sulfonamides is 1. The summed E-state index contributed by atoms with van der Waals surface area (Å²) in [6.07, 6.45) is 0. The number of anilines is 1. The lowest BCUT2D eigenvalue weighted by atomic mass is 10.1. The first-order chi connectivity index (χ1) is 18.4. The number of amidine groups is 1. The third-order valence-corrected chi connectivity index (χ3v) is 9.71. The lowest BCUT2D eigenvalue weighted by Crippen LogP contribution is -2.19. The molecule has 0 spiro atoms. The average molecular weight is 630 g/mol. The number of sulfone groups is 1. The van der Waals surface area contributed by atoms with E-state index in [9.17, 15) is 21.9 Å². The van der Waals surface area contributed by atoms with Crippen LogP contribution in [0.3, 0.4) is 0 Å². The Morgan fingerprint density at radius 3 is 2.05 bits per heavy atom. The van der Waals surface area contributed by atoms with Gasteiger partial charge < -0.3 is 15.2 Å². The Hall–Kier alpha value is -3.67. The normalized spacial score (nSPS) is 12.3. The van der Waals surface area contributed by atoms with Crippen LogP contribution in [0.25, 0.3) is 0 Å². The van der Waals surface area contributed by atoms with Crippen molar-refractivity contribution in [1.82, 2.24) is 0 Å². The van der Waals surface area contributed by atoms with Gasteiger partial charge in [-0.3, -0.25) is 0 Å². The number of nitrogens with zero attached hydrogens (tertiary/aromatic N) is 1. The second-order valence-electron chi connectivity index (χ2n) is 8.58. The molecule has 0 radical (unpaired) electrons. The zero-order valence-corrected chi connectivity index (χ0v) is 24.4. The van der Waals surface area contributed by atoms with E-state index in [0.717, 1.165) is 0 Å². The monoisotopic (exact) mass is 628 g/mol. The summed E-state index contributed by atoms with van der Waals surface area (Å²) in [6, 6.07) is 21.8. The molecule has 4 rings (SSSR count). The number of ether oxygens (including phenoxy) is 1. The molecule has 2 N–H and O–H groups in total. The molecule has 0 aromatic heterocycles. The third-order valence-electron chi connectivity index (χ3n) is 5.95. The number of halogens is 1. The molecule has 0 amide bonds. The zero-order valence-electron chi connectivity index (χ0n) is 21.2. The molecule has 39 heavy (non-hydrogen) atoms. The average Bonchev–Trinajstić information content (AvgIpc) is 2.90. The van der Waals surface area contributed by atoms with Crippen molar-refractivity contribution < 1.29 is 26.7 Å². The predicted octanol–water partition coefficient (Wildman–Crippen LogP) is 5.86. The number of rotatable bonds is 7. The molecular formula is C28H25BrN2O6S2. The maximum absolute atomic E-state index is 13.6. The Morgan fingerprint density at radius 1 is 0.872 bits per heavy atom. The number of aryl methyl sites for hydroxylation is 1. The van der Waals surface area contributed by atoms with E-state index in [2.05, 4.69) is 25.6 Å². The first kappa shape index (κ1) is 28.3. The van der Waals surface area contributed by atoms with Gasteiger partial charge in [-0.2, -0.15) is 8.42 Å². The molecule has 0 bridgehead atoms. The van der Waals surface area contributed by atoms with Crippen LogP contribution in [0.5, 0.6) is 11.5 Å². The number of methoxy groups -OCH3 is 1. The number of hydrogen-bond donors (Lipinski definition) is 2. The highest BCUT2D eigenvalue weighted by molar-refractivity contribution is 9.10. The van der Waals surface area contributed by atoms with Crippen molar-refractivity contribution in [2.24, 2.45) is 4.40 Å². The molecule has 0 saturated heterocycles. The summed E-state index contributed by atoms with van der Waals surface area (Å²) in [5, 5.41) is 13.8. The van der Waals surface area contributed by atoms with Gasteiger partial charge in [0, 0.05) is 15.7 Å². The van der Waals surface area contributed by atoms with Crippen LogP contribution in [0.4, 0.5) is 5.69 Å². The first-order valence-electron chi connectivity index (χ1n) is 11.6. The standard InChI is InChI=1S/C28H25BrN2O6S2/c1-18-17-25(32)27(38(33,34)23-15-11-22(37-3)12-16-23)19(2)26(18)30-28(20-7-5-4-6-8-20)31-39(35,36)24-13-9-21(29)10-14-24/h4-17,32H,1-3H3,(H,30,31). The highest BCUT2D eigenvalue weighted by Crippen LogP contribution is 2.38. The molecule has 0 saturated carbocycles. The Kier molecular flexibility index (Phi) is 8.15. The topological polar surface area (TPSA) is 122 Å². The van der Waals surface area contributed by atoms with E-state index in [1.165, 1.54) is 56.5 Å². The quantitative estimate of drug-likeness (QED) is 0.149. The van der Waals surface area contributed by atoms with Gasteiger partial charge in [0.25, 0.3) is 10.0 Å². The number of phenols is 1. The van der Waals surface area contributed by atoms with Gasteiger partial charge in [0.05, 0.1) is 16.9 Å². The van der Waals surface area contributed by atoms with Gasteiger partial charge in [-0.15, -0.1) is 4.40 Å². The van der Waals surface area contributed by atoms with Crippen LogP contribution >= 0.6 is 15.9 Å². The summed E-state index contributed by atoms with van der Waals surface area (Å²) in [4.78, 5) is -0.349. The summed E-state index contributed by atoms with van der Waals surface area (Å²) in [5.41, 5.74) is 1.45. The van der Waals surface area contributed by atoms with E-state index < -0.39 is 25.6 Å². The molecule has 8 nitrogen and oxygen atoms in total. The lowest BCUT2D eigenvalue weighted by molar-refractivity contribution is 0.414. The number of phenolic OH excluding ortho intramolecular Hbond substituents is 1. The molecule has 0 aliphatic carbocycles. The molecule has 11 heteroatoms. The van der Waals surface area contributed by atoms with Crippen LogP contribution in [0, 0.1) is 13.8 Å². The Bertz CT molecular complexity index is 1750. The minimum absolute atomic E-state index is 0.0109.